The van der Waals surface area contributed by atoms with Gasteiger partial charge in [0.25, 0.3) is 0 Å². The smallest absolute Gasteiger partial charge is 0.339 e. The van der Waals surface area contributed by atoms with Gasteiger partial charge in [-0.3, -0.25) is 4.98 Å². The summed E-state index contributed by atoms with van der Waals surface area (Å²) in [6.07, 6.45) is 0.850. The standard InChI is InChI=1S/C28H27N2O2/c1-30(18-21-10-4-2-5-11-21)17-16-26-24(19-30)27(23-14-8-9-15-25(23)29-26)28(31)32-20-22-12-6-3-7-13-22/h2-15H,16-20H2,1H3/q+1. The molecule has 0 fully saturated rings. The van der Waals surface area contributed by atoms with E-state index in [9.17, 15) is 4.79 Å². The van der Waals surface area contributed by atoms with Crippen LogP contribution >= 0.6 is 0 Å². The van der Waals surface area contributed by atoms with Crippen LogP contribution in [0, 0.1) is 0 Å². The lowest BCUT2D eigenvalue weighted by molar-refractivity contribution is -0.937. The molecule has 5 rings (SSSR count). The van der Waals surface area contributed by atoms with Gasteiger partial charge in [-0.1, -0.05) is 78.9 Å². The molecule has 1 atom stereocenters. The molecule has 160 valence electrons. The number of benzene rings is 3. The Balaban J connectivity index is 1.51. The number of carbonyl (C=O) groups excluding carboxylic acids is 1. The van der Waals surface area contributed by atoms with Gasteiger partial charge in [0, 0.05) is 22.9 Å². The topological polar surface area (TPSA) is 39.2 Å². The minimum atomic E-state index is -0.267. The second-order valence-electron chi connectivity index (χ2n) is 8.89. The number of carbonyl (C=O) groups is 1. The summed E-state index contributed by atoms with van der Waals surface area (Å²) in [5.41, 5.74) is 5.89. The van der Waals surface area contributed by atoms with E-state index in [2.05, 4.69) is 31.3 Å². The normalized spacial score (nSPS) is 17.7. The van der Waals surface area contributed by atoms with Crippen molar-refractivity contribution in [3.8, 4) is 0 Å². The van der Waals surface area contributed by atoms with E-state index in [1.165, 1.54) is 5.56 Å². The van der Waals surface area contributed by atoms with E-state index < -0.39 is 0 Å². The molecule has 0 bridgehead atoms. The first-order valence-corrected chi connectivity index (χ1v) is 11.1. The number of hydrogen-bond donors (Lipinski definition) is 0. The fraction of sp³-hybridized carbons (Fsp3) is 0.214. The van der Waals surface area contributed by atoms with Crippen molar-refractivity contribution >= 4 is 16.9 Å². The van der Waals surface area contributed by atoms with Gasteiger partial charge in [0.1, 0.15) is 19.7 Å². The molecule has 0 N–H and O–H groups in total. The van der Waals surface area contributed by atoms with Crippen LogP contribution in [0.2, 0.25) is 0 Å². The molecule has 4 aromatic rings. The van der Waals surface area contributed by atoms with Crippen molar-refractivity contribution in [3.63, 3.8) is 0 Å². The van der Waals surface area contributed by atoms with Gasteiger partial charge in [-0.15, -0.1) is 0 Å². The highest BCUT2D eigenvalue weighted by Crippen LogP contribution is 2.32. The van der Waals surface area contributed by atoms with Crippen LogP contribution in [0.15, 0.2) is 84.9 Å². The van der Waals surface area contributed by atoms with E-state index >= 15 is 0 Å². The SMILES string of the molecule is C[N+]1(Cc2ccccc2)CCc2nc3ccccc3c(C(=O)OCc3ccccc3)c2C1. The molecular weight excluding hydrogens is 396 g/mol. The molecule has 2 heterocycles. The number of esters is 1. The number of quaternary nitrogens is 1. The maximum Gasteiger partial charge on any atom is 0.339 e. The lowest BCUT2D eigenvalue weighted by Crippen LogP contribution is -2.47. The molecule has 0 saturated heterocycles. The third-order valence-corrected chi connectivity index (χ3v) is 6.33. The molecule has 32 heavy (non-hydrogen) atoms. The van der Waals surface area contributed by atoms with Crippen LogP contribution in [0.1, 0.15) is 32.7 Å². The second-order valence-corrected chi connectivity index (χ2v) is 8.89. The first-order valence-electron chi connectivity index (χ1n) is 11.1. The van der Waals surface area contributed by atoms with Crippen molar-refractivity contribution in [2.45, 2.75) is 26.1 Å². The first-order chi connectivity index (χ1) is 15.6. The fourth-order valence-corrected chi connectivity index (χ4v) is 4.70. The number of para-hydroxylation sites is 1. The Hall–Kier alpha value is -3.50. The molecule has 0 saturated carbocycles. The molecule has 3 aromatic carbocycles. The zero-order valence-corrected chi connectivity index (χ0v) is 18.3. The highest BCUT2D eigenvalue weighted by Gasteiger charge is 2.34. The van der Waals surface area contributed by atoms with Crippen LogP contribution in [-0.4, -0.2) is 29.0 Å². The van der Waals surface area contributed by atoms with Crippen molar-refractivity contribution in [2.75, 3.05) is 13.6 Å². The molecule has 0 radical (unpaired) electrons. The molecule has 4 nitrogen and oxygen atoms in total. The van der Waals surface area contributed by atoms with Crippen molar-refractivity contribution in [3.05, 3.63) is 113 Å². The molecule has 1 aliphatic rings. The van der Waals surface area contributed by atoms with Crippen LogP contribution in [0.5, 0.6) is 0 Å². The molecule has 4 heteroatoms. The Morgan fingerprint density at radius 3 is 2.31 bits per heavy atom. The van der Waals surface area contributed by atoms with Gasteiger partial charge in [0.2, 0.25) is 0 Å². The largest absolute Gasteiger partial charge is 0.457 e. The van der Waals surface area contributed by atoms with E-state index in [1.54, 1.807) is 0 Å². The zero-order chi connectivity index (χ0) is 22.0. The molecule has 0 amide bonds. The van der Waals surface area contributed by atoms with E-state index in [1.807, 2.05) is 60.7 Å². The average Bonchev–Trinajstić information content (AvgIpc) is 2.82. The minimum absolute atomic E-state index is 0.265. The Kier molecular flexibility index (Phi) is 5.46. The highest BCUT2D eigenvalue weighted by molar-refractivity contribution is 6.05. The number of nitrogens with zero attached hydrogens (tertiary/aromatic N) is 2. The zero-order valence-electron chi connectivity index (χ0n) is 18.3. The van der Waals surface area contributed by atoms with Gasteiger partial charge < -0.3 is 9.22 Å². The lowest BCUT2D eigenvalue weighted by Gasteiger charge is -2.39. The van der Waals surface area contributed by atoms with Gasteiger partial charge in [-0.05, 0) is 11.6 Å². The summed E-state index contributed by atoms with van der Waals surface area (Å²) in [4.78, 5) is 18.3. The van der Waals surface area contributed by atoms with Crippen LogP contribution in [0.3, 0.4) is 0 Å². The van der Waals surface area contributed by atoms with Crippen molar-refractivity contribution in [2.24, 2.45) is 0 Å². The molecule has 0 aliphatic carbocycles. The van der Waals surface area contributed by atoms with Crippen LogP contribution < -0.4 is 0 Å². The summed E-state index contributed by atoms with van der Waals surface area (Å²) in [7, 11) is 2.27. The quantitative estimate of drug-likeness (QED) is 0.323. The first kappa shape index (κ1) is 20.4. The predicted octanol–water partition coefficient (Wildman–Crippen LogP) is 5.29. The summed E-state index contributed by atoms with van der Waals surface area (Å²) in [6.45, 7) is 2.94. The van der Waals surface area contributed by atoms with Gasteiger partial charge in [-0.2, -0.15) is 0 Å². The Bertz CT molecular complexity index is 1250. The van der Waals surface area contributed by atoms with Crippen molar-refractivity contribution in [1.29, 1.82) is 0 Å². The maximum atomic E-state index is 13.4. The van der Waals surface area contributed by atoms with Gasteiger partial charge in [0.05, 0.1) is 30.4 Å². The molecular formula is C28H27N2O2+. The summed E-state index contributed by atoms with van der Waals surface area (Å²) in [5.74, 6) is -0.267. The monoisotopic (exact) mass is 423 g/mol. The van der Waals surface area contributed by atoms with Crippen LogP contribution in [0.25, 0.3) is 10.9 Å². The number of likely N-dealkylation sites (N-methyl/N-ethyl adjacent to an activating group) is 1. The van der Waals surface area contributed by atoms with Crippen molar-refractivity contribution in [1.82, 2.24) is 4.98 Å². The van der Waals surface area contributed by atoms with E-state index in [4.69, 9.17) is 9.72 Å². The minimum Gasteiger partial charge on any atom is -0.457 e. The van der Waals surface area contributed by atoms with E-state index in [0.29, 0.717) is 5.56 Å². The van der Waals surface area contributed by atoms with E-state index in [0.717, 1.165) is 58.3 Å². The van der Waals surface area contributed by atoms with Gasteiger partial charge in [0.15, 0.2) is 0 Å². The number of ether oxygens (including phenoxy) is 1. The third-order valence-electron chi connectivity index (χ3n) is 6.33. The summed E-state index contributed by atoms with van der Waals surface area (Å²) < 4.78 is 6.64. The fourth-order valence-electron chi connectivity index (χ4n) is 4.70. The molecule has 1 unspecified atom stereocenters. The third kappa shape index (κ3) is 4.14. The van der Waals surface area contributed by atoms with Gasteiger partial charge >= 0.3 is 5.97 Å². The second kappa shape index (κ2) is 8.56. The average molecular weight is 424 g/mol. The Morgan fingerprint density at radius 1 is 0.906 bits per heavy atom. The number of pyridine rings is 1. The predicted molar refractivity (Wildman–Crippen MR) is 126 cm³/mol. The molecule has 1 aromatic heterocycles. The lowest BCUT2D eigenvalue weighted by atomic mass is 9.94. The molecule has 1 aliphatic heterocycles. The highest BCUT2D eigenvalue weighted by atomic mass is 16.5. The maximum absolute atomic E-state index is 13.4. The number of hydrogen-bond acceptors (Lipinski definition) is 3. The summed E-state index contributed by atoms with van der Waals surface area (Å²) >= 11 is 0. The van der Waals surface area contributed by atoms with Gasteiger partial charge in [-0.25, -0.2) is 4.79 Å². The number of aromatic nitrogens is 1. The number of fused-ring (bicyclic) bond motifs is 2. The van der Waals surface area contributed by atoms with Crippen molar-refractivity contribution < 1.29 is 14.0 Å². The van der Waals surface area contributed by atoms with Crippen LogP contribution in [0.4, 0.5) is 0 Å². The van der Waals surface area contributed by atoms with Crippen LogP contribution in [-0.2, 0) is 30.9 Å². The Morgan fingerprint density at radius 2 is 1.56 bits per heavy atom. The Labute approximate surface area is 188 Å². The van der Waals surface area contributed by atoms with E-state index in [-0.39, 0.29) is 12.6 Å². The summed E-state index contributed by atoms with van der Waals surface area (Å²) in [6, 6.07) is 28.3. The summed E-state index contributed by atoms with van der Waals surface area (Å²) in [5, 5.41) is 0.873. The number of rotatable bonds is 5. The molecule has 0 spiro atoms.